The summed E-state index contributed by atoms with van der Waals surface area (Å²) in [6.45, 7) is 2.07. The van der Waals surface area contributed by atoms with Crippen LogP contribution >= 0.6 is 31.9 Å². The molecule has 2 rings (SSSR count). The van der Waals surface area contributed by atoms with Crippen LogP contribution in [0.5, 0.6) is 0 Å². The number of nitrogens with one attached hydrogen (secondary N) is 1. The summed E-state index contributed by atoms with van der Waals surface area (Å²) in [7, 11) is 0. The number of aryl methyl sites for hydroxylation is 1. The molecule has 0 aliphatic heterocycles. The van der Waals surface area contributed by atoms with Crippen molar-refractivity contribution in [3.63, 3.8) is 0 Å². The minimum Gasteiger partial charge on any atom is -0.354 e. The molecule has 0 amide bonds. The van der Waals surface area contributed by atoms with E-state index in [1.807, 2.05) is 12.1 Å². The molecule has 0 aliphatic rings. The molecule has 82 valence electrons. The zero-order valence-electron chi connectivity index (χ0n) is 8.67. The van der Waals surface area contributed by atoms with E-state index in [-0.39, 0.29) is 0 Å². The third-order valence-electron chi connectivity index (χ3n) is 2.24. The topological polar surface area (TPSA) is 24.9 Å². The summed E-state index contributed by atoms with van der Waals surface area (Å²) in [6, 6.07) is 8.09. The second kappa shape index (κ2) is 4.97. The Kier molecular flexibility index (Phi) is 3.61. The third-order valence-corrected chi connectivity index (χ3v) is 3.37. The van der Waals surface area contributed by atoms with E-state index < -0.39 is 0 Å². The van der Waals surface area contributed by atoms with Crippen molar-refractivity contribution in [2.45, 2.75) is 6.92 Å². The predicted molar refractivity (Wildman–Crippen MR) is 74.1 cm³/mol. The van der Waals surface area contributed by atoms with Gasteiger partial charge in [0, 0.05) is 22.6 Å². The van der Waals surface area contributed by atoms with Gasteiger partial charge in [-0.25, -0.2) is 0 Å². The van der Waals surface area contributed by atoms with E-state index in [0.717, 1.165) is 20.3 Å². The molecule has 2 nitrogen and oxygen atoms in total. The summed E-state index contributed by atoms with van der Waals surface area (Å²) in [5, 5.41) is 3.36. The monoisotopic (exact) mass is 340 g/mol. The maximum Gasteiger partial charge on any atom is 0.0593 e. The highest BCUT2D eigenvalue weighted by Crippen LogP contribution is 2.28. The smallest absolute Gasteiger partial charge is 0.0593 e. The van der Waals surface area contributed by atoms with Crippen molar-refractivity contribution in [2.75, 3.05) is 5.32 Å². The molecule has 0 aliphatic carbocycles. The van der Waals surface area contributed by atoms with Crippen LogP contribution in [0.2, 0.25) is 0 Å². The number of anilines is 2. The normalized spacial score (nSPS) is 10.2. The van der Waals surface area contributed by atoms with Gasteiger partial charge in [-0.1, -0.05) is 22.0 Å². The fourth-order valence-corrected chi connectivity index (χ4v) is 2.06. The van der Waals surface area contributed by atoms with Crippen LogP contribution in [0.4, 0.5) is 11.4 Å². The molecule has 1 aromatic carbocycles. The van der Waals surface area contributed by atoms with Crippen molar-refractivity contribution in [2.24, 2.45) is 0 Å². The van der Waals surface area contributed by atoms with Gasteiger partial charge in [0.25, 0.3) is 0 Å². The van der Waals surface area contributed by atoms with E-state index in [0.29, 0.717) is 0 Å². The average Bonchev–Trinajstić information content (AvgIpc) is 2.27. The van der Waals surface area contributed by atoms with Gasteiger partial charge >= 0.3 is 0 Å². The summed E-state index contributed by atoms with van der Waals surface area (Å²) in [4.78, 5) is 4.03. The Hall–Kier alpha value is -0.870. The van der Waals surface area contributed by atoms with Gasteiger partial charge in [-0.15, -0.1) is 0 Å². The van der Waals surface area contributed by atoms with Crippen LogP contribution in [0.3, 0.4) is 0 Å². The van der Waals surface area contributed by atoms with Gasteiger partial charge in [0.15, 0.2) is 0 Å². The Morgan fingerprint density at radius 3 is 2.69 bits per heavy atom. The predicted octanol–water partition coefficient (Wildman–Crippen LogP) is 4.66. The minimum absolute atomic E-state index is 0.953. The van der Waals surface area contributed by atoms with Crippen molar-refractivity contribution < 1.29 is 0 Å². The summed E-state index contributed by atoms with van der Waals surface area (Å²) in [6.07, 6.45) is 3.54. The van der Waals surface area contributed by atoms with Crippen LogP contribution in [-0.4, -0.2) is 4.98 Å². The highest BCUT2D eigenvalue weighted by Gasteiger charge is 2.02. The zero-order valence-corrected chi connectivity index (χ0v) is 11.8. The highest BCUT2D eigenvalue weighted by atomic mass is 79.9. The Morgan fingerprint density at radius 2 is 1.94 bits per heavy atom. The molecule has 16 heavy (non-hydrogen) atoms. The minimum atomic E-state index is 0.953. The molecule has 0 atom stereocenters. The van der Waals surface area contributed by atoms with Crippen molar-refractivity contribution in [1.29, 1.82) is 0 Å². The van der Waals surface area contributed by atoms with Gasteiger partial charge < -0.3 is 5.32 Å². The maximum atomic E-state index is 4.03. The third kappa shape index (κ3) is 2.62. The molecule has 1 N–H and O–H groups in total. The van der Waals surface area contributed by atoms with Crippen molar-refractivity contribution in [1.82, 2.24) is 4.98 Å². The molecule has 0 fully saturated rings. The van der Waals surface area contributed by atoms with E-state index in [2.05, 4.69) is 61.2 Å². The van der Waals surface area contributed by atoms with Gasteiger partial charge in [0.2, 0.25) is 0 Å². The summed E-state index contributed by atoms with van der Waals surface area (Å²) in [5.74, 6) is 0. The first-order valence-electron chi connectivity index (χ1n) is 4.79. The van der Waals surface area contributed by atoms with Crippen molar-refractivity contribution >= 4 is 43.2 Å². The number of halogens is 2. The first-order chi connectivity index (χ1) is 7.66. The van der Waals surface area contributed by atoms with E-state index in [1.165, 1.54) is 5.56 Å². The van der Waals surface area contributed by atoms with Crippen molar-refractivity contribution in [3.05, 3.63) is 51.2 Å². The molecular weight excluding hydrogens is 332 g/mol. The molecule has 0 radical (unpaired) electrons. The van der Waals surface area contributed by atoms with Crippen LogP contribution in [0.25, 0.3) is 0 Å². The quantitative estimate of drug-likeness (QED) is 0.859. The summed E-state index contributed by atoms with van der Waals surface area (Å²) in [5.41, 5.74) is 3.30. The number of hydrogen-bond donors (Lipinski definition) is 1. The molecule has 2 aromatic rings. The standard InChI is InChI=1S/C12H10Br2N2/c1-8-2-3-9(13)6-12(8)16-11-4-5-15-7-10(11)14/h2-7H,1H3,(H,15,16). The summed E-state index contributed by atoms with van der Waals surface area (Å²) >= 11 is 6.92. The largest absolute Gasteiger partial charge is 0.354 e. The highest BCUT2D eigenvalue weighted by molar-refractivity contribution is 9.10. The Bertz CT molecular complexity index is 512. The molecule has 0 bridgehead atoms. The fraction of sp³-hybridized carbons (Fsp3) is 0.0833. The number of hydrogen-bond acceptors (Lipinski definition) is 2. The lowest BCUT2D eigenvalue weighted by atomic mass is 10.2. The molecule has 0 saturated carbocycles. The first-order valence-corrected chi connectivity index (χ1v) is 6.38. The van der Waals surface area contributed by atoms with Crippen LogP contribution in [0.1, 0.15) is 5.56 Å². The second-order valence-electron chi connectivity index (χ2n) is 3.44. The molecule has 0 saturated heterocycles. The molecule has 0 unspecified atom stereocenters. The molecule has 1 heterocycles. The lowest BCUT2D eigenvalue weighted by molar-refractivity contribution is 1.30. The van der Waals surface area contributed by atoms with E-state index >= 15 is 0 Å². The lowest BCUT2D eigenvalue weighted by Crippen LogP contribution is -1.94. The number of aromatic nitrogens is 1. The lowest BCUT2D eigenvalue weighted by Gasteiger charge is -2.11. The van der Waals surface area contributed by atoms with Gasteiger partial charge in [-0.3, -0.25) is 4.98 Å². The van der Waals surface area contributed by atoms with Crippen LogP contribution in [0, 0.1) is 6.92 Å². The zero-order chi connectivity index (χ0) is 11.5. The number of benzene rings is 1. The number of nitrogens with zero attached hydrogens (tertiary/aromatic N) is 1. The van der Waals surface area contributed by atoms with Crippen molar-refractivity contribution in [3.8, 4) is 0 Å². The maximum absolute atomic E-state index is 4.03. The average molecular weight is 342 g/mol. The SMILES string of the molecule is Cc1ccc(Br)cc1Nc1ccncc1Br. The van der Waals surface area contributed by atoms with Gasteiger partial charge in [-0.05, 0) is 46.6 Å². The number of pyridine rings is 1. The Labute approximate surface area is 111 Å². The second-order valence-corrected chi connectivity index (χ2v) is 5.21. The first kappa shape index (κ1) is 11.6. The van der Waals surface area contributed by atoms with Gasteiger partial charge in [0.1, 0.15) is 0 Å². The fourth-order valence-electron chi connectivity index (χ4n) is 1.35. The van der Waals surface area contributed by atoms with Crippen LogP contribution in [-0.2, 0) is 0 Å². The van der Waals surface area contributed by atoms with Gasteiger partial charge in [-0.2, -0.15) is 0 Å². The van der Waals surface area contributed by atoms with E-state index in [1.54, 1.807) is 12.4 Å². The number of rotatable bonds is 2. The van der Waals surface area contributed by atoms with E-state index in [9.17, 15) is 0 Å². The molecular formula is C12H10Br2N2. The Morgan fingerprint density at radius 1 is 1.12 bits per heavy atom. The van der Waals surface area contributed by atoms with Crippen LogP contribution in [0.15, 0.2) is 45.6 Å². The molecule has 4 heteroatoms. The Balaban J connectivity index is 2.34. The van der Waals surface area contributed by atoms with Gasteiger partial charge in [0.05, 0.1) is 10.2 Å². The molecule has 0 spiro atoms. The molecule has 1 aromatic heterocycles. The van der Waals surface area contributed by atoms with Crippen LogP contribution < -0.4 is 5.32 Å². The van der Waals surface area contributed by atoms with E-state index in [4.69, 9.17) is 0 Å². The summed E-state index contributed by atoms with van der Waals surface area (Å²) < 4.78 is 2.01.